The number of piperidine rings is 1. The molecule has 21 heavy (non-hydrogen) atoms. The van der Waals surface area contributed by atoms with E-state index in [-0.39, 0.29) is 12.6 Å². The first-order valence-electron chi connectivity index (χ1n) is 7.44. The highest BCUT2D eigenvalue weighted by molar-refractivity contribution is 5.73. The normalized spacial score (nSPS) is 23.5. The van der Waals surface area contributed by atoms with E-state index in [4.69, 9.17) is 4.74 Å². The van der Waals surface area contributed by atoms with E-state index in [0.717, 1.165) is 0 Å². The number of hydrogen-bond donors (Lipinski definition) is 1. The third-order valence-electron chi connectivity index (χ3n) is 3.82. The van der Waals surface area contributed by atoms with E-state index >= 15 is 0 Å². The second-order valence-electron chi connectivity index (χ2n) is 7.07. The molecule has 0 aromatic rings. The lowest BCUT2D eigenvalue weighted by molar-refractivity contribution is -0.144. The van der Waals surface area contributed by atoms with Crippen LogP contribution in [0.25, 0.3) is 0 Å². The molecule has 0 radical (unpaired) electrons. The van der Waals surface area contributed by atoms with Gasteiger partial charge in [-0.15, -0.1) is 0 Å². The van der Waals surface area contributed by atoms with Gasteiger partial charge in [0.1, 0.15) is 5.60 Å². The van der Waals surface area contributed by atoms with Gasteiger partial charge < -0.3 is 14.7 Å². The van der Waals surface area contributed by atoms with Crippen molar-refractivity contribution in [3.05, 3.63) is 0 Å². The molecule has 6 heteroatoms. The van der Waals surface area contributed by atoms with Crippen molar-refractivity contribution in [1.29, 1.82) is 0 Å². The molecule has 0 spiro atoms. The van der Waals surface area contributed by atoms with Gasteiger partial charge in [0, 0.05) is 25.2 Å². The van der Waals surface area contributed by atoms with Crippen LogP contribution < -0.4 is 0 Å². The zero-order valence-corrected chi connectivity index (χ0v) is 13.9. The van der Waals surface area contributed by atoms with Crippen LogP contribution in [0.4, 0.5) is 4.79 Å². The van der Waals surface area contributed by atoms with Crippen molar-refractivity contribution in [2.45, 2.75) is 58.7 Å². The van der Waals surface area contributed by atoms with E-state index in [9.17, 15) is 14.7 Å². The Kier molecular flexibility index (Phi) is 5.61. The van der Waals surface area contributed by atoms with Crippen molar-refractivity contribution in [3.63, 3.8) is 0 Å². The number of nitrogens with zero attached hydrogens (tertiary/aromatic N) is 2. The fraction of sp³-hybridized carbons (Fsp3) is 0.867. The summed E-state index contributed by atoms with van der Waals surface area (Å²) in [5.41, 5.74) is -0.577. The molecule has 1 rings (SSSR count). The van der Waals surface area contributed by atoms with Crippen LogP contribution in [0.2, 0.25) is 0 Å². The third-order valence-corrected chi connectivity index (χ3v) is 3.82. The number of carboxylic acid groups (broad SMARTS) is 1. The molecule has 1 fully saturated rings. The van der Waals surface area contributed by atoms with Crippen LogP contribution in [0.1, 0.15) is 41.0 Å². The lowest BCUT2D eigenvalue weighted by Gasteiger charge is -2.41. The fourth-order valence-electron chi connectivity index (χ4n) is 2.44. The first-order chi connectivity index (χ1) is 9.51. The molecule has 122 valence electrons. The highest BCUT2D eigenvalue weighted by atomic mass is 16.6. The number of aliphatic carboxylic acids is 1. The topological polar surface area (TPSA) is 70.1 Å². The van der Waals surface area contributed by atoms with Crippen LogP contribution in [0, 0.1) is 5.92 Å². The zero-order valence-electron chi connectivity index (χ0n) is 13.9. The average molecular weight is 300 g/mol. The van der Waals surface area contributed by atoms with E-state index in [1.54, 1.807) is 20.8 Å². The Morgan fingerprint density at radius 3 is 2.29 bits per heavy atom. The summed E-state index contributed by atoms with van der Waals surface area (Å²) in [6.07, 6.45) is 0.124. The summed E-state index contributed by atoms with van der Waals surface area (Å²) >= 11 is 0. The van der Waals surface area contributed by atoms with Crippen LogP contribution in [0.3, 0.4) is 0 Å². The smallest absolute Gasteiger partial charge is 0.410 e. The van der Waals surface area contributed by atoms with Gasteiger partial charge in [-0.3, -0.25) is 9.69 Å². The molecule has 1 N–H and O–H groups in total. The Labute approximate surface area is 127 Å². The molecule has 0 bridgehead atoms. The predicted molar refractivity (Wildman–Crippen MR) is 80.2 cm³/mol. The molecular weight excluding hydrogens is 272 g/mol. The summed E-state index contributed by atoms with van der Waals surface area (Å²) in [7, 11) is 1.97. The van der Waals surface area contributed by atoms with E-state index in [1.807, 2.05) is 7.05 Å². The van der Waals surface area contributed by atoms with E-state index < -0.39 is 23.6 Å². The quantitative estimate of drug-likeness (QED) is 0.863. The Morgan fingerprint density at radius 2 is 1.86 bits per heavy atom. The van der Waals surface area contributed by atoms with Crippen molar-refractivity contribution < 1.29 is 19.4 Å². The third kappa shape index (κ3) is 5.19. The molecule has 0 saturated carbocycles. The Bertz CT molecular complexity index is 390. The molecule has 0 aromatic carbocycles. The maximum Gasteiger partial charge on any atom is 0.410 e. The Morgan fingerprint density at radius 1 is 1.29 bits per heavy atom. The SMILES string of the molecule is CC(C)N(C)[C@H]1C[C@H](C(=O)O)CN(C(=O)OC(C)(C)C)C1. The van der Waals surface area contributed by atoms with Gasteiger partial charge >= 0.3 is 12.1 Å². The predicted octanol–water partition coefficient (Wildman–Crippen LogP) is 2.04. The van der Waals surface area contributed by atoms with Crippen molar-refractivity contribution in [2.24, 2.45) is 5.92 Å². The standard InChI is InChI=1S/C15H28N2O4/c1-10(2)16(6)12-7-11(13(18)19)8-17(9-12)14(20)21-15(3,4)5/h10-12H,7-9H2,1-6H3,(H,18,19)/t11-,12-/m0/s1. The summed E-state index contributed by atoms with van der Waals surface area (Å²) in [5, 5.41) is 9.31. The molecule has 0 aliphatic carbocycles. The lowest BCUT2D eigenvalue weighted by Crippen LogP contribution is -2.55. The second-order valence-corrected chi connectivity index (χ2v) is 7.07. The molecule has 0 aromatic heterocycles. The summed E-state index contributed by atoms with van der Waals surface area (Å²) in [6.45, 7) is 10.3. The van der Waals surface area contributed by atoms with E-state index in [2.05, 4.69) is 18.7 Å². The summed E-state index contributed by atoms with van der Waals surface area (Å²) in [6, 6.07) is 0.329. The zero-order chi connectivity index (χ0) is 16.4. The minimum Gasteiger partial charge on any atom is -0.481 e. The van der Waals surface area contributed by atoms with Crippen molar-refractivity contribution in [1.82, 2.24) is 9.80 Å². The molecule has 1 aliphatic rings. The van der Waals surface area contributed by atoms with Gasteiger partial charge in [0.2, 0.25) is 0 Å². The summed E-state index contributed by atoms with van der Waals surface area (Å²) in [5.74, 6) is -1.40. The molecule has 2 atom stereocenters. The van der Waals surface area contributed by atoms with Crippen molar-refractivity contribution in [2.75, 3.05) is 20.1 Å². The van der Waals surface area contributed by atoms with Crippen LogP contribution in [0.5, 0.6) is 0 Å². The number of carbonyl (C=O) groups excluding carboxylic acids is 1. The number of likely N-dealkylation sites (tertiary alicyclic amines) is 1. The molecule has 1 amide bonds. The Hall–Kier alpha value is -1.30. The molecule has 1 heterocycles. The van der Waals surface area contributed by atoms with Crippen LogP contribution in [-0.4, -0.2) is 64.8 Å². The van der Waals surface area contributed by atoms with E-state index in [0.29, 0.717) is 19.0 Å². The van der Waals surface area contributed by atoms with Crippen LogP contribution in [0.15, 0.2) is 0 Å². The number of likely N-dealkylation sites (N-methyl/N-ethyl adjacent to an activating group) is 1. The largest absolute Gasteiger partial charge is 0.481 e. The van der Waals surface area contributed by atoms with E-state index in [1.165, 1.54) is 4.90 Å². The number of carboxylic acids is 1. The minimum absolute atomic E-state index is 0.0346. The van der Waals surface area contributed by atoms with Crippen molar-refractivity contribution in [3.8, 4) is 0 Å². The van der Waals surface area contributed by atoms with Gasteiger partial charge in [0.25, 0.3) is 0 Å². The maximum absolute atomic E-state index is 12.2. The van der Waals surface area contributed by atoms with Crippen LogP contribution in [-0.2, 0) is 9.53 Å². The van der Waals surface area contributed by atoms with Crippen molar-refractivity contribution >= 4 is 12.1 Å². The molecule has 1 saturated heterocycles. The lowest BCUT2D eigenvalue weighted by atomic mass is 9.93. The number of amides is 1. The van der Waals surface area contributed by atoms with Crippen LogP contribution >= 0.6 is 0 Å². The summed E-state index contributed by atoms with van der Waals surface area (Å²) < 4.78 is 5.37. The van der Waals surface area contributed by atoms with Gasteiger partial charge in [-0.1, -0.05) is 0 Å². The first-order valence-corrected chi connectivity index (χ1v) is 7.44. The van der Waals surface area contributed by atoms with Gasteiger partial charge in [0.15, 0.2) is 0 Å². The maximum atomic E-state index is 12.2. The monoisotopic (exact) mass is 300 g/mol. The molecule has 0 unspecified atom stereocenters. The van der Waals surface area contributed by atoms with Gasteiger partial charge in [-0.25, -0.2) is 4.79 Å². The highest BCUT2D eigenvalue weighted by Crippen LogP contribution is 2.23. The second kappa shape index (κ2) is 6.64. The number of carbonyl (C=O) groups is 2. The highest BCUT2D eigenvalue weighted by Gasteiger charge is 2.37. The first kappa shape index (κ1) is 17.8. The summed E-state index contributed by atoms with van der Waals surface area (Å²) in [4.78, 5) is 27.2. The van der Waals surface area contributed by atoms with Gasteiger partial charge in [0.05, 0.1) is 5.92 Å². The average Bonchev–Trinajstić information content (AvgIpc) is 2.35. The molecule has 6 nitrogen and oxygen atoms in total. The minimum atomic E-state index is -0.856. The molecular formula is C15H28N2O4. The van der Waals surface area contributed by atoms with Gasteiger partial charge in [-0.05, 0) is 48.1 Å². The number of hydrogen-bond acceptors (Lipinski definition) is 4. The fourth-order valence-corrected chi connectivity index (χ4v) is 2.44. The Balaban J connectivity index is 2.84. The number of rotatable bonds is 3. The molecule has 1 aliphatic heterocycles. The van der Waals surface area contributed by atoms with Gasteiger partial charge in [-0.2, -0.15) is 0 Å². The number of ether oxygens (including phenoxy) is 1.